The van der Waals surface area contributed by atoms with Crippen molar-refractivity contribution in [2.75, 3.05) is 5.32 Å². The number of aromatic nitrogens is 1. The van der Waals surface area contributed by atoms with E-state index in [4.69, 9.17) is 4.52 Å². The van der Waals surface area contributed by atoms with Gasteiger partial charge >= 0.3 is 0 Å². The molecule has 3 rings (SSSR count). The molecule has 0 unspecified atom stereocenters. The molecule has 1 N–H and O–H groups in total. The van der Waals surface area contributed by atoms with Crippen LogP contribution in [0.1, 0.15) is 16.8 Å². The van der Waals surface area contributed by atoms with Crippen molar-refractivity contribution in [1.82, 2.24) is 5.16 Å². The number of amides is 1. The second-order valence-electron chi connectivity index (χ2n) is 5.17. The summed E-state index contributed by atoms with van der Waals surface area (Å²) in [5.74, 6) is -0.0947. The first-order valence-corrected chi connectivity index (χ1v) is 6.84. The quantitative estimate of drug-likeness (QED) is 0.797. The lowest BCUT2D eigenvalue weighted by Crippen LogP contribution is -2.15. The molecule has 2 aromatic carbocycles. The summed E-state index contributed by atoms with van der Waals surface area (Å²) in [5, 5.41) is 7.80. The van der Waals surface area contributed by atoms with Gasteiger partial charge in [0.15, 0.2) is 5.58 Å². The average molecular weight is 280 g/mol. The Balaban J connectivity index is 1.79. The van der Waals surface area contributed by atoms with Gasteiger partial charge in [-0.2, -0.15) is 0 Å². The van der Waals surface area contributed by atoms with Gasteiger partial charge in [-0.05, 0) is 43.2 Å². The highest BCUT2D eigenvalue weighted by Gasteiger charge is 2.12. The van der Waals surface area contributed by atoms with Crippen LogP contribution >= 0.6 is 0 Å². The molecule has 21 heavy (non-hydrogen) atoms. The van der Waals surface area contributed by atoms with Crippen LogP contribution in [0.15, 0.2) is 47.0 Å². The second-order valence-corrected chi connectivity index (χ2v) is 5.17. The number of para-hydroxylation sites is 1. The molecule has 0 aliphatic carbocycles. The molecule has 0 spiro atoms. The minimum atomic E-state index is -0.0947. The average Bonchev–Trinajstić information content (AvgIpc) is 2.86. The standard InChI is InChI=1S/C17H16N2O2/c1-11-7-8-12(2)14(9-11)18-17(20)10-15-13-5-3-4-6-16(13)21-19-15/h3-9H,10H2,1-2H3,(H,18,20). The molecular weight excluding hydrogens is 264 g/mol. The van der Waals surface area contributed by atoms with Crippen molar-refractivity contribution in [2.24, 2.45) is 0 Å². The maximum Gasteiger partial charge on any atom is 0.230 e. The third-order valence-corrected chi connectivity index (χ3v) is 3.45. The summed E-state index contributed by atoms with van der Waals surface area (Å²) in [4.78, 5) is 12.2. The molecule has 1 aromatic heterocycles. The Bertz CT molecular complexity index is 805. The van der Waals surface area contributed by atoms with Gasteiger partial charge in [0.05, 0.1) is 6.42 Å². The van der Waals surface area contributed by atoms with Gasteiger partial charge in [-0.1, -0.05) is 29.4 Å². The summed E-state index contributed by atoms with van der Waals surface area (Å²) < 4.78 is 5.21. The van der Waals surface area contributed by atoms with E-state index in [9.17, 15) is 4.79 Å². The number of anilines is 1. The van der Waals surface area contributed by atoms with Crippen molar-refractivity contribution in [1.29, 1.82) is 0 Å². The summed E-state index contributed by atoms with van der Waals surface area (Å²) in [5.41, 5.74) is 4.36. The summed E-state index contributed by atoms with van der Waals surface area (Å²) in [7, 11) is 0. The number of carbonyl (C=O) groups excluding carboxylic acids is 1. The van der Waals surface area contributed by atoms with Gasteiger partial charge in [0.2, 0.25) is 5.91 Å². The Labute approximate surface area is 122 Å². The highest BCUT2D eigenvalue weighted by Crippen LogP contribution is 2.20. The number of benzene rings is 2. The van der Waals surface area contributed by atoms with E-state index >= 15 is 0 Å². The number of aryl methyl sites for hydroxylation is 2. The second kappa shape index (κ2) is 5.40. The summed E-state index contributed by atoms with van der Waals surface area (Å²) in [6.45, 7) is 3.97. The molecule has 0 saturated carbocycles. The number of nitrogens with one attached hydrogen (secondary N) is 1. The van der Waals surface area contributed by atoms with Crippen molar-refractivity contribution in [3.05, 3.63) is 59.3 Å². The van der Waals surface area contributed by atoms with E-state index in [2.05, 4.69) is 10.5 Å². The first kappa shape index (κ1) is 13.4. The van der Waals surface area contributed by atoms with E-state index in [1.165, 1.54) is 0 Å². The Morgan fingerprint density at radius 3 is 2.86 bits per heavy atom. The molecule has 0 saturated heterocycles. The fourth-order valence-corrected chi connectivity index (χ4v) is 2.28. The molecule has 0 aliphatic rings. The van der Waals surface area contributed by atoms with Gasteiger partial charge in [0.1, 0.15) is 5.69 Å². The minimum Gasteiger partial charge on any atom is -0.356 e. The zero-order chi connectivity index (χ0) is 14.8. The Morgan fingerprint density at radius 2 is 2.00 bits per heavy atom. The van der Waals surface area contributed by atoms with Crippen LogP contribution in [0.4, 0.5) is 5.69 Å². The lowest BCUT2D eigenvalue weighted by atomic mass is 10.1. The number of rotatable bonds is 3. The predicted octanol–water partition coefficient (Wildman–Crippen LogP) is 3.63. The highest BCUT2D eigenvalue weighted by molar-refractivity contribution is 5.95. The fraction of sp³-hybridized carbons (Fsp3) is 0.176. The van der Waals surface area contributed by atoms with E-state index in [0.29, 0.717) is 11.3 Å². The lowest BCUT2D eigenvalue weighted by molar-refractivity contribution is -0.115. The van der Waals surface area contributed by atoms with Crippen LogP contribution in [0.3, 0.4) is 0 Å². The van der Waals surface area contributed by atoms with Crippen LogP contribution in [0.2, 0.25) is 0 Å². The summed E-state index contributed by atoms with van der Waals surface area (Å²) in [6, 6.07) is 13.5. The molecule has 0 atom stereocenters. The summed E-state index contributed by atoms with van der Waals surface area (Å²) in [6.07, 6.45) is 0.199. The van der Waals surface area contributed by atoms with Crippen LogP contribution in [0.25, 0.3) is 11.0 Å². The zero-order valence-electron chi connectivity index (χ0n) is 12.0. The van der Waals surface area contributed by atoms with E-state index in [1.54, 1.807) is 0 Å². The van der Waals surface area contributed by atoms with E-state index < -0.39 is 0 Å². The van der Waals surface area contributed by atoms with Crippen molar-refractivity contribution in [2.45, 2.75) is 20.3 Å². The monoisotopic (exact) mass is 280 g/mol. The van der Waals surface area contributed by atoms with Gasteiger partial charge in [-0.25, -0.2) is 0 Å². The maximum absolute atomic E-state index is 12.2. The van der Waals surface area contributed by atoms with Crippen LogP contribution in [0.5, 0.6) is 0 Å². The SMILES string of the molecule is Cc1ccc(C)c(NC(=O)Cc2noc3ccccc23)c1. The largest absolute Gasteiger partial charge is 0.356 e. The maximum atomic E-state index is 12.2. The smallest absolute Gasteiger partial charge is 0.230 e. The topological polar surface area (TPSA) is 55.1 Å². The molecular formula is C17H16N2O2. The third-order valence-electron chi connectivity index (χ3n) is 3.45. The Morgan fingerprint density at radius 1 is 1.19 bits per heavy atom. The van der Waals surface area contributed by atoms with Gasteiger partial charge in [0.25, 0.3) is 0 Å². The molecule has 4 nitrogen and oxygen atoms in total. The van der Waals surface area contributed by atoms with E-state index in [-0.39, 0.29) is 12.3 Å². The molecule has 0 fully saturated rings. The first-order valence-electron chi connectivity index (χ1n) is 6.84. The fourth-order valence-electron chi connectivity index (χ4n) is 2.28. The molecule has 0 radical (unpaired) electrons. The van der Waals surface area contributed by atoms with Gasteiger partial charge < -0.3 is 9.84 Å². The third kappa shape index (κ3) is 2.79. The van der Waals surface area contributed by atoms with E-state index in [1.807, 2.05) is 56.3 Å². The van der Waals surface area contributed by atoms with Crippen molar-refractivity contribution in [3.8, 4) is 0 Å². The van der Waals surface area contributed by atoms with Crippen LogP contribution < -0.4 is 5.32 Å². The first-order chi connectivity index (χ1) is 10.1. The highest BCUT2D eigenvalue weighted by atomic mass is 16.5. The van der Waals surface area contributed by atoms with Crippen LogP contribution in [-0.2, 0) is 11.2 Å². The van der Waals surface area contributed by atoms with Crippen molar-refractivity contribution in [3.63, 3.8) is 0 Å². The van der Waals surface area contributed by atoms with Crippen molar-refractivity contribution < 1.29 is 9.32 Å². The molecule has 3 aromatic rings. The molecule has 0 aliphatic heterocycles. The molecule has 0 bridgehead atoms. The Hall–Kier alpha value is -2.62. The van der Waals surface area contributed by atoms with Gasteiger partial charge in [-0.15, -0.1) is 0 Å². The molecule has 106 valence electrons. The van der Waals surface area contributed by atoms with Crippen molar-refractivity contribution >= 4 is 22.6 Å². The minimum absolute atomic E-state index is 0.0947. The Kier molecular flexibility index (Phi) is 3.44. The van der Waals surface area contributed by atoms with Gasteiger partial charge in [0, 0.05) is 11.1 Å². The normalized spacial score (nSPS) is 10.8. The molecule has 4 heteroatoms. The van der Waals surface area contributed by atoms with Gasteiger partial charge in [-0.3, -0.25) is 4.79 Å². The molecule has 1 amide bonds. The number of carbonyl (C=O) groups is 1. The number of nitrogens with zero attached hydrogens (tertiary/aromatic N) is 1. The van der Waals surface area contributed by atoms with E-state index in [0.717, 1.165) is 22.2 Å². The van der Waals surface area contributed by atoms with Crippen LogP contribution in [-0.4, -0.2) is 11.1 Å². The predicted molar refractivity (Wildman–Crippen MR) is 82.3 cm³/mol. The zero-order valence-corrected chi connectivity index (χ0v) is 12.0. The lowest BCUT2D eigenvalue weighted by Gasteiger charge is -2.08. The molecule has 1 heterocycles. The number of hydrogen-bond donors (Lipinski definition) is 1. The summed E-state index contributed by atoms with van der Waals surface area (Å²) >= 11 is 0. The van der Waals surface area contributed by atoms with Crippen LogP contribution in [0, 0.1) is 13.8 Å². The number of fused-ring (bicyclic) bond motifs is 1. The number of hydrogen-bond acceptors (Lipinski definition) is 3.